The number of aliphatic hydroxyl groups excluding tert-OH is 1. The molecular weight excluding hydrogens is 183 g/mol. The van der Waals surface area contributed by atoms with Crippen LogP contribution < -0.4 is 0 Å². The number of halogens is 1. The molecule has 0 bridgehead atoms. The molecule has 1 rings (SSSR count). The molecule has 0 fully saturated rings. The van der Waals surface area contributed by atoms with Crippen molar-refractivity contribution >= 4 is 6.29 Å². The lowest BCUT2D eigenvalue weighted by atomic mass is 10.0. The number of hydrogen-bond donors (Lipinski definition) is 1. The first-order valence-electron chi connectivity index (χ1n) is 4.04. The van der Waals surface area contributed by atoms with Crippen molar-refractivity contribution in [2.24, 2.45) is 0 Å². The van der Waals surface area contributed by atoms with Gasteiger partial charge in [0.25, 0.3) is 0 Å². The summed E-state index contributed by atoms with van der Waals surface area (Å²) in [5, 5.41) is 8.50. The molecule has 72 valence electrons. The van der Waals surface area contributed by atoms with Crippen LogP contribution >= 0.6 is 0 Å². The summed E-state index contributed by atoms with van der Waals surface area (Å²) in [6.45, 7) is 1.42. The van der Waals surface area contributed by atoms with E-state index < -0.39 is 5.82 Å². The van der Waals surface area contributed by atoms with Crippen LogP contribution in [0.4, 0.5) is 4.39 Å². The third kappa shape index (κ3) is 1.98. The average Bonchev–Trinajstić information content (AvgIpc) is 2.19. The molecule has 0 heterocycles. The number of rotatable bonds is 1. The van der Waals surface area contributed by atoms with Crippen molar-refractivity contribution in [3.8, 4) is 11.8 Å². The molecule has 0 aliphatic carbocycles. The van der Waals surface area contributed by atoms with Crippen LogP contribution in [-0.2, 0) is 0 Å². The van der Waals surface area contributed by atoms with Crippen molar-refractivity contribution in [2.45, 2.75) is 6.92 Å². The highest BCUT2D eigenvalue weighted by molar-refractivity contribution is 5.80. The van der Waals surface area contributed by atoms with Crippen LogP contribution in [0.1, 0.15) is 21.5 Å². The topological polar surface area (TPSA) is 37.3 Å². The Morgan fingerprint density at radius 3 is 2.86 bits per heavy atom. The number of benzene rings is 1. The van der Waals surface area contributed by atoms with Crippen molar-refractivity contribution in [1.29, 1.82) is 0 Å². The predicted octanol–water partition coefficient (Wildman–Crippen LogP) is 1.29. The Kier molecular flexibility index (Phi) is 3.38. The van der Waals surface area contributed by atoms with E-state index in [-0.39, 0.29) is 12.2 Å². The van der Waals surface area contributed by atoms with E-state index in [1.165, 1.54) is 6.07 Å². The van der Waals surface area contributed by atoms with Gasteiger partial charge in [-0.3, -0.25) is 4.79 Å². The molecule has 0 aromatic heterocycles. The summed E-state index contributed by atoms with van der Waals surface area (Å²) < 4.78 is 13.1. The van der Waals surface area contributed by atoms with Crippen LogP contribution in [0, 0.1) is 24.6 Å². The minimum Gasteiger partial charge on any atom is -0.384 e. The molecule has 0 unspecified atom stereocenters. The second kappa shape index (κ2) is 4.54. The van der Waals surface area contributed by atoms with E-state index in [0.717, 1.165) is 5.56 Å². The molecule has 1 aromatic rings. The smallest absolute Gasteiger partial charge is 0.154 e. The summed E-state index contributed by atoms with van der Waals surface area (Å²) in [7, 11) is 0. The van der Waals surface area contributed by atoms with Crippen molar-refractivity contribution in [3.63, 3.8) is 0 Å². The van der Waals surface area contributed by atoms with E-state index in [1.807, 2.05) is 0 Å². The van der Waals surface area contributed by atoms with Gasteiger partial charge in [0.15, 0.2) is 6.29 Å². The van der Waals surface area contributed by atoms with Gasteiger partial charge in [0.1, 0.15) is 12.4 Å². The molecule has 0 atom stereocenters. The molecule has 0 radical (unpaired) electrons. The molecule has 0 saturated carbocycles. The molecule has 1 aromatic carbocycles. The van der Waals surface area contributed by atoms with Crippen LogP contribution in [0.3, 0.4) is 0 Å². The van der Waals surface area contributed by atoms with E-state index in [0.29, 0.717) is 11.8 Å². The normalized spacial score (nSPS) is 9.07. The van der Waals surface area contributed by atoms with Crippen LogP contribution in [0.15, 0.2) is 12.1 Å². The minimum atomic E-state index is -0.590. The lowest BCUT2D eigenvalue weighted by Crippen LogP contribution is -1.96. The zero-order valence-electron chi connectivity index (χ0n) is 7.67. The molecular formula is C11H9FO2. The number of aldehydes is 1. The standard InChI is InChI=1S/C11H9FO2/c1-8-4-5-11(12)10(7-14)9(8)3-2-6-13/h4-5,7,13H,6H2,1H3. The zero-order valence-corrected chi connectivity index (χ0v) is 7.67. The largest absolute Gasteiger partial charge is 0.384 e. The maximum Gasteiger partial charge on any atom is 0.154 e. The Morgan fingerprint density at radius 2 is 2.29 bits per heavy atom. The summed E-state index contributed by atoms with van der Waals surface area (Å²) in [4.78, 5) is 10.6. The van der Waals surface area contributed by atoms with Crippen molar-refractivity contribution in [2.75, 3.05) is 6.61 Å². The van der Waals surface area contributed by atoms with Gasteiger partial charge in [-0.05, 0) is 18.6 Å². The fourth-order valence-corrected chi connectivity index (χ4v) is 1.11. The van der Waals surface area contributed by atoms with Gasteiger partial charge in [0.2, 0.25) is 0 Å². The Morgan fingerprint density at radius 1 is 1.57 bits per heavy atom. The summed E-state index contributed by atoms with van der Waals surface area (Å²) in [5.74, 6) is 4.35. The van der Waals surface area contributed by atoms with Gasteiger partial charge in [-0.1, -0.05) is 17.9 Å². The van der Waals surface area contributed by atoms with Crippen molar-refractivity contribution < 1.29 is 14.3 Å². The number of carbonyl (C=O) groups excluding carboxylic acids is 1. The second-order valence-electron chi connectivity index (χ2n) is 2.73. The fraction of sp³-hybridized carbons (Fsp3) is 0.182. The predicted molar refractivity (Wildman–Crippen MR) is 50.5 cm³/mol. The lowest BCUT2D eigenvalue weighted by Gasteiger charge is -2.02. The van der Waals surface area contributed by atoms with Crippen molar-refractivity contribution in [3.05, 3.63) is 34.6 Å². The lowest BCUT2D eigenvalue weighted by molar-refractivity contribution is 0.111. The molecule has 3 heteroatoms. The van der Waals surface area contributed by atoms with E-state index in [4.69, 9.17) is 5.11 Å². The van der Waals surface area contributed by atoms with Gasteiger partial charge < -0.3 is 5.11 Å². The van der Waals surface area contributed by atoms with Gasteiger partial charge in [0, 0.05) is 5.56 Å². The summed E-state index contributed by atoms with van der Waals surface area (Å²) in [6.07, 6.45) is 0.434. The third-order valence-corrected chi connectivity index (χ3v) is 1.81. The molecule has 0 aliphatic rings. The summed E-state index contributed by atoms with van der Waals surface area (Å²) >= 11 is 0. The second-order valence-corrected chi connectivity index (χ2v) is 2.73. The van der Waals surface area contributed by atoms with Crippen LogP contribution in [-0.4, -0.2) is 18.0 Å². The van der Waals surface area contributed by atoms with E-state index in [9.17, 15) is 9.18 Å². The Labute approximate surface area is 81.4 Å². The van der Waals surface area contributed by atoms with Crippen molar-refractivity contribution in [1.82, 2.24) is 0 Å². The van der Waals surface area contributed by atoms with E-state index >= 15 is 0 Å². The minimum absolute atomic E-state index is 0.0500. The van der Waals surface area contributed by atoms with Gasteiger partial charge >= 0.3 is 0 Å². The molecule has 1 N–H and O–H groups in total. The third-order valence-electron chi connectivity index (χ3n) is 1.81. The molecule has 14 heavy (non-hydrogen) atoms. The summed E-state index contributed by atoms with van der Waals surface area (Å²) in [6, 6.07) is 2.77. The van der Waals surface area contributed by atoms with Gasteiger partial charge in [0.05, 0.1) is 5.56 Å². The SMILES string of the molecule is Cc1ccc(F)c(C=O)c1C#CCO. The Bertz CT molecular complexity index is 413. The highest BCUT2D eigenvalue weighted by Gasteiger charge is 2.08. The number of carbonyl (C=O) groups is 1. The maximum atomic E-state index is 13.1. The molecule has 0 saturated heterocycles. The molecule has 2 nitrogen and oxygen atoms in total. The van der Waals surface area contributed by atoms with Gasteiger partial charge in [-0.2, -0.15) is 0 Å². The number of aryl methyl sites for hydroxylation is 1. The fourth-order valence-electron chi connectivity index (χ4n) is 1.11. The highest BCUT2D eigenvalue weighted by atomic mass is 19.1. The first kappa shape index (κ1) is 10.4. The molecule has 0 amide bonds. The first-order chi connectivity index (χ1) is 6.70. The van der Waals surface area contributed by atoms with Gasteiger partial charge in [-0.15, -0.1) is 0 Å². The first-order valence-corrected chi connectivity index (χ1v) is 4.04. The summed E-state index contributed by atoms with van der Waals surface area (Å²) in [5.41, 5.74) is 1.01. The monoisotopic (exact) mass is 192 g/mol. The zero-order chi connectivity index (χ0) is 10.6. The number of aliphatic hydroxyl groups is 1. The Hall–Kier alpha value is -1.66. The Balaban J connectivity index is 3.37. The van der Waals surface area contributed by atoms with E-state index in [1.54, 1.807) is 13.0 Å². The molecule has 0 aliphatic heterocycles. The average molecular weight is 192 g/mol. The van der Waals surface area contributed by atoms with E-state index in [2.05, 4.69) is 11.8 Å². The molecule has 0 spiro atoms. The highest BCUT2D eigenvalue weighted by Crippen LogP contribution is 2.14. The maximum absolute atomic E-state index is 13.1. The van der Waals surface area contributed by atoms with Gasteiger partial charge in [-0.25, -0.2) is 4.39 Å². The quantitative estimate of drug-likeness (QED) is 0.537. The van der Waals surface area contributed by atoms with Crippen LogP contribution in [0.25, 0.3) is 0 Å². The van der Waals surface area contributed by atoms with Crippen LogP contribution in [0.2, 0.25) is 0 Å². The van der Waals surface area contributed by atoms with Crippen LogP contribution in [0.5, 0.6) is 0 Å². The number of hydrogen-bond acceptors (Lipinski definition) is 2.